The molecular weight excluding hydrogens is 487 g/mol. The van der Waals surface area contributed by atoms with Crippen LogP contribution < -0.4 is 15.5 Å². The molecule has 7 nitrogen and oxygen atoms in total. The fraction of sp³-hybridized carbons (Fsp3) is 0.231. The van der Waals surface area contributed by atoms with E-state index in [2.05, 4.69) is 15.5 Å². The van der Waals surface area contributed by atoms with Crippen molar-refractivity contribution >= 4 is 52.2 Å². The number of urea groups is 1. The zero-order chi connectivity index (χ0) is 24.6. The molecule has 0 aromatic heterocycles. The van der Waals surface area contributed by atoms with Gasteiger partial charge < -0.3 is 15.4 Å². The van der Waals surface area contributed by atoms with Gasteiger partial charge in [0.25, 0.3) is 5.91 Å². The van der Waals surface area contributed by atoms with Crippen LogP contribution in [0.4, 0.5) is 21.9 Å². The standard InChI is InChI=1S/C26H26Cl2N4O3/c27-20-3-1-19(2-4-20)25(33)29-22-9-11-24(12-10-22)32(14-13-31-15-17-35-18-16-31)26(34)30-23-7-5-21(28)6-8-23/h1-12H,13-18H2,(H,29,33)(H,30,34). The molecule has 1 aliphatic rings. The molecule has 0 aliphatic carbocycles. The molecule has 0 spiro atoms. The van der Waals surface area contributed by atoms with Gasteiger partial charge in [0, 0.05) is 58.8 Å². The number of carbonyl (C=O) groups excluding carboxylic acids is 2. The number of amides is 3. The Balaban J connectivity index is 1.46. The van der Waals surface area contributed by atoms with Gasteiger partial charge in [0.2, 0.25) is 0 Å². The summed E-state index contributed by atoms with van der Waals surface area (Å²) >= 11 is 11.9. The van der Waals surface area contributed by atoms with E-state index < -0.39 is 0 Å². The van der Waals surface area contributed by atoms with Gasteiger partial charge >= 0.3 is 6.03 Å². The number of nitrogens with one attached hydrogen (secondary N) is 2. The third kappa shape index (κ3) is 7.19. The van der Waals surface area contributed by atoms with Gasteiger partial charge in [0.1, 0.15) is 0 Å². The maximum absolute atomic E-state index is 13.2. The molecule has 182 valence electrons. The zero-order valence-electron chi connectivity index (χ0n) is 19.0. The third-order valence-corrected chi connectivity index (χ3v) is 6.13. The predicted molar refractivity (Wildman–Crippen MR) is 141 cm³/mol. The Hall–Kier alpha value is -3.10. The van der Waals surface area contributed by atoms with Gasteiger partial charge in [-0.3, -0.25) is 14.6 Å². The van der Waals surface area contributed by atoms with Crippen molar-refractivity contribution in [1.29, 1.82) is 0 Å². The molecule has 0 bridgehead atoms. The molecule has 0 atom stereocenters. The van der Waals surface area contributed by atoms with Crippen LogP contribution in [0.5, 0.6) is 0 Å². The van der Waals surface area contributed by atoms with Gasteiger partial charge in [0.05, 0.1) is 13.2 Å². The Bertz CT molecular complexity index is 1130. The fourth-order valence-electron chi connectivity index (χ4n) is 3.67. The lowest BCUT2D eigenvalue weighted by Crippen LogP contribution is -2.44. The molecular formula is C26H26Cl2N4O3. The Labute approximate surface area is 214 Å². The van der Waals surface area contributed by atoms with Crippen LogP contribution in [-0.2, 0) is 4.74 Å². The SMILES string of the molecule is O=C(Nc1ccc(N(CCN2CCOCC2)C(=O)Nc2ccc(Cl)cc2)cc1)c1ccc(Cl)cc1. The van der Waals surface area contributed by atoms with Gasteiger partial charge in [-0.25, -0.2) is 4.79 Å². The molecule has 9 heteroatoms. The van der Waals surface area contributed by atoms with Crippen LogP contribution in [0.2, 0.25) is 10.0 Å². The van der Waals surface area contributed by atoms with Crippen molar-refractivity contribution in [2.45, 2.75) is 0 Å². The lowest BCUT2D eigenvalue weighted by Gasteiger charge is -2.30. The van der Waals surface area contributed by atoms with Gasteiger partial charge in [-0.15, -0.1) is 0 Å². The number of ether oxygens (including phenoxy) is 1. The van der Waals surface area contributed by atoms with Crippen molar-refractivity contribution < 1.29 is 14.3 Å². The molecule has 35 heavy (non-hydrogen) atoms. The Morgan fingerprint density at radius 1 is 0.800 bits per heavy atom. The van der Waals surface area contributed by atoms with Gasteiger partial charge in [0.15, 0.2) is 0 Å². The summed E-state index contributed by atoms with van der Waals surface area (Å²) in [4.78, 5) is 29.7. The molecule has 3 aromatic rings. The summed E-state index contributed by atoms with van der Waals surface area (Å²) < 4.78 is 5.42. The predicted octanol–water partition coefficient (Wildman–Crippen LogP) is 5.62. The second-order valence-electron chi connectivity index (χ2n) is 8.05. The normalized spacial score (nSPS) is 13.8. The highest BCUT2D eigenvalue weighted by atomic mass is 35.5. The molecule has 3 amide bonds. The highest BCUT2D eigenvalue weighted by Gasteiger charge is 2.19. The lowest BCUT2D eigenvalue weighted by atomic mass is 10.2. The Morgan fingerprint density at radius 3 is 1.97 bits per heavy atom. The van der Waals surface area contributed by atoms with E-state index in [1.807, 2.05) is 12.1 Å². The maximum Gasteiger partial charge on any atom is 0.326 e. The van der Waals surface area contributed by atoms with E-state index >= 15 is 0 Å². The van der Waals surface area contributed by atoms with Gasteiger partial charge in [-0.1, -0.05) is 23.2 Å². The van der Waals surface area contributed by atoms with Crippen LogP contribution in [0.1, 0.15) is 10.4 Å². The van der Waals surface area contributed by atoms with Crippen molar-refractivity contribution in [2.75, 3.05) is 54.9 Å². The Kier molecular flexibility index (Phi) is 8.60. The first-order chi connectivity index (χ1) is 17.0. The van der Waals surface area contributed by atoms with E-state index in [1.165, 1.54) is 0 Å². The molecule has 0 saturated carbocycles. The number of carbonyl (C=O) groups is 2. The summed E-state index contributed by atoms with van der Waals surface area (Å²) in [6.07, 6.45) is 0. The number of hydrogen-bond acceptors (Lipinski definition) is 4. The zero-order valence-corrected chi connectivity index (χ0v) is 20.6. The number of anilines is 3. The van der Waals surface area contributed by atoms with Crippen LogP contribution in [-0.4, -0.2) is 56.2 Å². The average molecular weight is 513 g/mol. The van der Waals surface area contributed by atoms with Crippen LogP contribution in [0.3, 0.4) is 0 Å². The summed E-state index contributed by atoms with van der Waals surface area (Å²) in [5.41, 5.74) is 2.50. The van der Waals surface area contributed by atoms with Crippen molar-refractivity contribution in [2.24, 2.45) is 0 Å². The van der Waals surface area contributed by atoms with Crippen LogP contribution in [0.25, 0.3) is 0 Å². The minimum absolute atomic E-state index is 0.237. The lowest BCUT2D eigenvalue weighted by molar-refractivity contribution is 0.0393. The minimum Gasteiger partial charge on any atom is -0.379 e. The Morgan fingerprint density at radius 2 is 1.34 bits per heavy atom. The molecule has 0 unspecified atom stereocenters. The molecule has 1 aliphatic heterocycles. The number of nitrogens with zero attached hydrogens (tertiary/aromatic N) is 2. The summed E-state index contributed by atoms with van der Waals surface area (Å²) in [5, 5.41) is 6.97. The largest absolute Gasteiger partial charge is 0.379 e. The van der Waals surface area contributed by atoms with E-state index in [-0.39, 0.29) is 11.9 Å². The summed E-state index contributed by atoms with van der Waals surface area (Å²) in [7, 11) is 0. The highest BCUT2D eigenvalue weighted by molar-refractivity contribution is 6.31. The molecule has 1 saturated heterocycles. The van der Waals surface area contributed by atoms with Crippen LogP contribution >= 0.6 is 23.2 Å². The number of halogens is 2. The monoisotopic (exact) mass is 512 g/mol. The third-order valence-electron chi connectivity index (χ3n) is 5.63. The van der Waals surface area contributed by atoms with Gasteiger partial charge in [-0.05, 0) is 72.8 Å². The summed E-state index contributed by atoms with van der Waals surface area (Å²) in [6.45, 7) is 4.27. The first kappa shape index (κ1) is 25.0. The van der Waals surface area contributed by atoms with Crippen molar-refractivity contribution in [1.82, 2.24) is 4.90 Å². The van der Waals surface area contributed by atoms with E-state index in [1.54, 1.807) is 65.6 Å². The topological polar surface area (TPSA) is 73.9 Å². The summed E-state index contributed by atoms with van der Waals surface area (Å²) in [5.74, 6) is -0.237. The summed E-state index contributed by atoms with van der Waals surface area (Å²) in [6, 6.07) is 20.6. The number of hydrogen-bond donors (Lipinski definition) is 2. The van der Waals surface area contributed by atoms with Crippen molar-refractivity contribution in [3.05, 3.63) is 88.4 Å². The molecule has 1 fully saturated rings. The van der Waals surface area contributed by atoms with E-state index in [4.69, 9.17) is 27.9 Å². The molecule has 3 aromatic carbocycles. The number of rotatable bonds is 7. The second-order valence-corrected chi connectivity index (χ2v) is 8.92. The van der Waals surface area contributed by atoms with E-state index in [9.17, 15) is 9.59 Å². The van der Waals surface area contributed by atoms with Crippen molar-refractivity contribution in [3.63, 3.8) is 0 Å². The first-order valence-electron chi connectivity index (χ1n) is 11.3. The highest BCUT2D eigenvalue weighted by Crippen LogP contribution is 2.21. The number of benzene rings is 3. The van der Waals surface area contributed by atoms with E-state index in [0.717, 1.165) is 13.1 Å². The molecule has 0 radical (unpaired) electrons. The second kappa shape index (κ2) is 12.0. The minimum atomic E-state index is -0.251. The van der Waals surface area contributed by atoms with E-state index in [0.29, 0.717) is 59.0 Å². The number of morpholine rings is 1. The average Bonchev–Trinajstić information content (AvgIpc) is 2.87. The quantitative estimate of drug-likeness (QED) is 0.431. The van der Waals surface area contributed by atoms with Crippen LogP contribution in [0, 0.1) is 0 Å². The first-order valence-corrected chi connectivity index (χ1v) is 12.0. The maximum atomic E-state index is 13.2. The fourth-order valence-corrected chi connectivity index (χ4v) is 3.92. The van der Waals surface area contributed by atoms with Crippen molar-refractivity contribution in [3.8, 4) is 0 Å². The van der Waals surface area contributed by atoms with Crippen LogP contribution in [0.15, 0.2) is 72.8 Å². The van der Waals surface area contributed by atoms with Gasteiger partial charge in [-0.2, -0.15) is 0 Å². The molecule has 1 heterocycles. The molecule has 2 N–H and O–H groups in total. The molecule has 4 rings (SSSR count). The smallest absolute Gasteiger partial charge is 0.326 e.